The molecule has 6 rings (SSSR count). The fourth-order valence-corrected chi connectivity index (χ4v) is 6.92. The summed E-state index contributed by atoms with van der Waals surface area (Å²) in [7, 11) is 1.66. The Hall–Kier alpha value is -4.26. The van der Waals surface area contributed by atoms with Gasteiger partial charge in [-0.15, -0.1) is 0 Å². The zero-order chi connectivity index (χ0) is 37.9. The van der Waals surface area contributed by atoms with E-state index in [0.29, 0.717) is 31.1 Å². The van der Waals surface area contributed by atoms with Crippen molar-refractivity contribution >= 4 is 35.2 Å². The number of nitrogens with zero attached hydrogens (tertiary/aromatic N) is 4. The number of benzene rings is 2. The number of methoxy groups -OCH3 is 1. The van der Waals surface area contributed by atoms with Crippen LogP contribution in [0, 0.1) is 17.6 Å². The summed E-state index contributed by atoms with van der Waals surface area (Å²) < 4.78 is 50.4. The molecule has 14 heteroatoms. The summed E-state index contributed by atoms with van der Waals surface area (Å²) in [4.78, 5) is 35.9. The van der Waals surface area contributed by atoms with Crippen molar-refractivity contribution < 1.29 is 37.1 Å². The van der Waals surface area contributed by atoms with E-state index in [0.717, 1.165) is 48.1 Å². The van der Waals surface area contributed by atoms with E-state index in [9.17, 15) is 18.4 Å². The minimum absolute atomic E-state index is 0.0312. The predicted octanol–water partition coefficient (Wildman–Crippen LogP) is 8.62. The van der Waals surface area contributed by atoms with Crippen molar-refractivity contribution in [3.63, 3.8) is 0 Å². The highest BCUT2D eigenvalue weighted by Gasteiger charge is 2.43. The van der Waals surface area contributed by atoms with Gasteiger partial charge in [0.2, 0.25) is 11.8 Å². The van der Waals surface area contributed by atoms with Crippen LogP contribution in [-0.4, -0.2) is 70.4 Å². The average Bonchev–Trinajstić information content (AvgIpc) is 3.87. The molecule has 2 aromatic carbocycles. The third kappa shape index (κ3) is 9.46. The van der Waals surface area contributed by atoms with Gasteiger partial charge in [-0.25, -0.2) is 18.6 Å². The molecule has 1 aliphatic heterocycles. The molecule has 1 aliphatic carbocycles. The van der Waals surface area contributed by atoms with Gasteiger partial charge in [-0.1, -0.05) is 46.6 Å². The predicted molar refractivity (Wildman–Crippen MR) is 195 cm³/mol. The SMILES string of the molecule is COCCc1ccc(Cl)c(CN(C(=O)[C@H]2CN(C(=O)OC(C)(C)C)CC[C@@H]2c2ccc(OCc3cc(-c4c(F)ccc(F)c4Cl)no3)nc2)C2CC2)c1. The summed E-state index contributed by atoms with van der Waals surface area (Å²) in [5.74, 6) is -1.85. The number of carbonyl (C=O) groups excluding carboxylic acids is 2. The number of carbonyl (C=O) groups is 2. The van der Waals surface area contributed by atoms with Crippen molar-refractivity contribution in [1.82, 2.24) is 19.9 Å². The van der Waals surface area contributed by atoms with E-state index in [1.807, 2.05) is 49.9 Å². The highest BCUT2D eigenvalue weighted by Crippen LogP contribution is 2.39. The minimum Gasteiger partial charge on any atom is -0.469 e. The molecule has 4 aromatic rings. The van der Waals surface area contributed by atoms with Crippen LogP contribution in [-0.2, 0) is 33.8 Å². The summed E-state index contributed by atoms with van der Waals surface area (Å²) >= 11 is 12.6. The number of likely N-dealkylation sites (tertiary alicyclic amines) is 1. The topological polar surface area (TPSA) is 107 Å². The first-order chi connectivity index (χ1) is 25.3. The van der Waals surface area contributed by atoms with E-state index >= 15 is 0 Å². The molecule has 2 aromatic heterocycles. The lowest BCUT2D eigenvalue weighted by Gasteiger charge is -2.40. The number of rotatable bonds is 12. The molecule has 10 nitrogen and oxygen atoms in total. The Morgan fingerprint density at radius 3 is 2.51 bits per heavy atom. The van der Waals surface area contributed by atoms with Crippen molar-refractivity contribution in [2.24, 2.45) is 5.92 Å². The monoisotopic (exact) mass is 770 g/mol. The van der Waals surface area contributed by atoms with Crippen molar-refractivity contribution in [1.29, 1.82) is 0 Å². The molecule has 2 fully saturated rings. The lowest BCUT2D eigenvalue weighted by molar-refractivity contribution is -0.139. The number of halogens is 4. The number of hydrogen-bond donors (Lipinski definition) is 0. The molecule has 0 bridgehead atoms. The normalized spacial score (nSPS) is 17.5. The number of amides is 2. The average molecular weight is 772 g/mol. The van der Waals surface area contributed by atoms with E-state index in [-0.39, 0.29) is 53.9 Å². The molecular formula is C39H42Cl2F2N4O6. The van der Waals surface area contributed by atoms with Gasteiger partial charge in [-0.3, -0.25) is 4.79 Å². The van der Waals surface area contributed by atoms with Crippen LogP contribution in [0.4, 0.5) is 13.6 Å². The second kappa shape index (κ2) is 16.4. The molecule has 2 aliphatic rings. The smallest absolute Gasteiger partial charge is 0.410 e. The Kier molecular flexibility index (Phi) is 11.9. The highest BCUT2D eigenvalue weighted by atomic mass is 35.5. The highest BCUT2D eigenvalue weighted by molar-refractivity contribution is 6.33. The Balaban J connectivity index is 1.20. The first-order valence-corrected chi connectivity index (χ1v) is 18.3. The Labute approximate surface area is 317 Å². The van der Waals surface area contributed by atoms with E-state index in [4.69, 9.17) is 41.9 Å². The summed E-state index contributed by atoms with van der Waals surface area (Å²) in [6, 6.07) is 12.8. The van der Waals surface area contributed by atoms with Gasteiger partial charge in [0.15, 0.2) is 12.4 Å². The minimum atomic E-state index is -0.777. The molecule has 1 saturated carbocycles. The maximum Gasteiger partial charge on any atom is 0.410 e. The van der Waals surface area contributed by atoms with Gasteiger partial charge in [0.25, 0.3) is 0 Å². The van der Waals surface area contributed by atoms with Gasteiger partial charge in [-0.05, 0) is 81.3 Å². The Morgan fingerprint density at radius 2 is 1.81 bits per heavy atom. The standard InChI is InChI=1S/C39H42Cl2F2N4O6/c1-39(2,3)52-38(49)46-15-13-28(29(21-46)37(48)47(26-7-8-26)20-25-17-23(14-16-50-4)5-9-30(25)40)24-6-12-34(44-19-24)51-22-27-18-33(45-53-27)35-31(42)10-11-32(43)36(35)41/h5-6,9-12,17-19,26,28-29H,7-8,13-16,20-22H2,1-4H3/t28-,29+/m1/s1. The van der Waals surface area contributed by atoms with Crippen LogP contribution < -0.4 is 4.74 Å². The number of pyridine rings is 1. The van der Waals surface area contributed by atoms with Crippen molar-refractivity contribution in [2.75, 3.05) is 26.8 Å². The molecule has 0 radical (unpaired) electrons. The largest absolute Gasteiger partial charge is 0.469 e. The summed E-state index contributed by atoms with van der Waals surface area (Å²) in [5, 5.41) is 4.02. The van der Waals surface area contributed by atoms with E-state index in [2.05, 4.69) is 10.1 Å². The fourth-order valence-electron chi connectivity index (χ4n) is 6.49. The molecule has 53 heavy (non-hydrogen) atoms. The van der Waals surface area contributed by atoms with Crippen LogP contribution in [0.3, 0.4) is 0 Å². The lowest BCUT2D eigenvalue weighted by Crippen LogP contribution is -2.51. The molecular weight excluding hydrogens is 729 g/mol. The second-order valence-corrected chi connectivity index (χ2v) is 15.2. The van der Waals surface area contributed by atoms with E-state index in [1.165, 1.54) is 6.07 Å². The van der Waals surface area contributed by atoms with Gasteiger partial charge in [0.05, 0.1) is 23.1 Å². The first kappa shape index (κ1) is 38.5. The summed E-state index contributed by atoms with van der Waals surface area (Å²) in [6.45, 7) is 6.87. The first-order valence-electron chi connectivity index (χ1n) is 17.5. The summed E-state index contributed by atoms with van der Waals surface area (Å²) in [6.07, 6.45) is 4.25. The lowest BCUT2D eigenvalue weighted by atomic mass is 9.80. The molecule has 1 saturated heterocycles. The van der Waals surface area contributed by atoms with Gasteiger partial charge >= 0.3 is 6.09 Å². The number of aromatic nitrogens is 2. The van der Waals surface area contributed by atoms with Crippen molar-refractivity contribution in [3.8, 4) is 17.1 Å². The molecule has 2 atom stereocenters. The van der Waals surface area contributed by atoms with Crippen LogP contribution >= 0.6 is 23.2 Å². The number of hydrogen-bond acceptors (Lipinski definition) is 8. The van der Waals surface area contributed by atoms with Crippen LogP contribution in [0.15, 0.2) is 59.3 Å². The third-order valence-corrected chi connectivity index (χ3v) is 10.0. The molecule has 0 unspecified atom stereocenters. The fraction of sp³-hybridized carbons (Fsp3) is 0.436. The van der Waals surface area contributed by atoms with Crippen LogP contribution in [0.2, 0.25) is 10.0 Å². The second-order valence-electron chi connectivity index (χ2n) is 14.4. The Morgan fingerprint density at radius 1 is 1.04 bits per heavy atom. The maximum atomic E-state index is 14.7. The molecule has 282 valence electrons. The van der Waals surface area contributed by atoms with Crippen LogP contribution in [0.25, 0.3) is 11.3 Å². The quantitative estimate of drug-likeness (QED) is 0.132. The van der Waals surface area contributed by atoms with Gasteiger partial charge < -0.3 is 28.5 Å². The molecule has 0 spiro atoms. The molecule has 3 heterocycles. The Bertz CT molecular complexity index is 1930. The number of ether oxygens (including phenoxy) is 3. The van der Waals surface area contributed by atoms with Gasteiger partial charge in [0, 0.05) is 62.1 Å². The van der Waals surface area contributed by atoms with E-state index < -0.39 is 34.3 Å². The van der Waals surface area contributed by atoms with Crippen molar-refractivity contribution in [3.05, 3.63) is 98.9 Å². The maximum absolute atomic E-state index is 14.7. The van der Waals surface area contributed by atoms with Crippen LogP contribution in [0.5, 0.6) is 5.88 Å². The van der Waals surface area contributed by atoms with Crippen LogP contribution in [0.1, 0.15) is 68.4 Å². The number of piperidine rings is 1. The molecule has 2 amide bonds. The molecule has 0 N–H and O–H groups in total. The third-order valence-electron chi connectivity index (χ3n) is 9.31. The zero-order valence-corrected chi connectivity index (χ0v) is 31.6. The summed E-state index contributed by atoms with van der Waals surface area (Å²) in [5.41, 5.74) is 1.90. The van der Waals surface area contributed by atoms with Crippen molar-refractivity contribution in [2.45, 2.75) is 77.2 Å². The zero-order valence-electron chi connectivity index (χ0n) is 30.0. The van der Waals surface area contributed by atoms with Gasteiger partial charge in [0.1, 0.15) is 22.9 Å². The van der Waals surface area contributed by atoms with E-state index in [1.54, 1.807) is 24.3 Å². The van der Waals surface area contributed by atoms with Gasteiger partial charge in [-0.2, -0.15) is 0 Å².